The lowest BCUT2D eigenvalue weighted by molar-refractivity contribution is -0.137. The third-order valence-electron chi connectivity index (χ3n) is 6.05. The van der Waals surface area contributed by atoms with Gasteiger partial charge in [0.15, 0.2) is 0 Å². The summed E-state index contributed by atoms with van der Waals surface area (Å²) in [5.41, 5.74) is 2.80. The smallest absolute Gasteiger partial charge is 0.416 e. The number of H-pyrrole nitrogens is 1. The van der Waals surface area contributed by atoms with Gasteiger partial charge in [-0.2, -0.15) is 18.3 Å². The zero-order chi connectivity index (χ0) is 26.0. The number of ether oxygens (including phenoxy) is 1. The molecule has 0 aliphatic heterocycles. The number of alkyl halides is 3. The van der Waals surface area contributed by atoms with E-state index in [-0.39, 0.29) is 23.3 Å². The minimum absolute atomic E-state index is 0.0131. The lowest BCUT2D eigenvalue weighted by Gasteiger charge is -2.26. The van der Waals surface area contributed by atoms with Crippen molar-refractivity contribution in [2.75, 3.05) is 13.2 Å². The first-order valence-electron chi connectivity index (χ1n) is 11.4. The topological polar surface area (TPSA) is 71.0 Å². The number of pyridine rings is 1. The van der Waals surface area contributed by atoms with Crippen LogP contribution in [0.15, 0.2) is 42.6 Å². The molecule has 0 saturated heterocycles. The minimum Gasteiger partial charge on any atom is -0.491 e. The SMILES string of the molecule is CCc1n[nH]c(CC)c1C(c1c(Cl)cc(C(F)(F)F)cc1Cl)c1c(OCCO)ccc2cccnc12. The van der Waals surface area contributed by atoms with Gasteiger partial charge in [0.2, 0.25) is 0 Å². The Balaban J connectivity index is 2.13. The Morgan fingerprint density at radius 1 is 1.03 bits per heavy atom. The molecule has 0 fully saturated rings. The molecule has 1 unspecified atom stereocenters. The molecular formula is C26H24Cl2F3N3O2. The van der Waals surface area contributed by atoms with Crippen LogP contribution in [0, 0.1) is 0 Å². The number of aryl methyl sites for hydroxylation is 2. The van der Waals surface area contributed by atoms with Gasteiger partial charge in [-0.1, -0.05) is 43.1 Å². The molecule has 36 heavy (non-hydrogen) atoms. The summed E-state index contributed by atoms with van der Waals surface area (Å²) in [7, 11) is 0. The highest BCUT2D eigenvalue weighted by Gasteiger charge is 2.36. The number of aromatic nitrogens is 3. The second-order valence-electron chi connectivity index (χ2n) is 8.18. The van der Waals surface area contributed by atoms with Gasteiger partial charge in [0, 0.05) is 49.9 Å². The Hall–Kier alpha value is -2.81. The molecule has 0 aliphatic carbocycles. The van der Waals surface area contributed by atoms with E-state index in [0.717, 1.165) is 34.5 Å². The number of aromatic amines is 1. The number of nitrogens with zero attached hydrogens (tertiary/aromatic N) is 2. The fourth-order valence-electron chi connectivity index (χ4n) is 4.48. The fourth-order valence-corrected chi connectivity index (χ4v) is 5.18. The predicted octanol–water partition coefficient (Wildman–Crippen LogP) is 6.96. The summed E-state index contributed by atoms with van der Waals surface area (Å²) >= 11 is 13.2. The molecule has 2 N–H and O–H groups in total. The maximum absolute atomic E-state index is 13.5. The molecule has 4 rings (SSSR count). The predicted molar refractivity (Wildman–Crippen MR) is 134 cm³/mol. The molecule has 2 heterocycles. The Labute approximate surface area is 216 Å². The molecule has 10 heteroatoms. The number of fused-ring (bicyclic) bond motifs is 1. The van der Waals surface area contributed by atoms with Crippen LogP contribution in [0.5, 0.6) is 5.75 Å². The van der Waals surface area contributed by atoms with Gasteiger partial charge in [-0.25, -0.2) is 0 Å². The summed E-state index contributed by atoms with van der Waals surface area (Å²) < 4.78 is 46.5. The van der Waals surface area contributed by atoms with Crippen LogP contribution in [-0.4, -0.2) is 33.5 Å². The second-order valence-corrected chi connectivity index (χ2v) is 8.99. The molecule has 0 bridgehead atoms. The van der Waals surface area contributed by atoms with Crippen LogP contribution in [0.25, 0.3) is 10.9 Å². The molecular weight excluding hydrogens is 514 g/mol. The third kappa shape index (κ3) is 4.90. The first-order valence-corrected chi connectivity index (χ1v) is 12.2. The molecule has 0 radical (unpaired) electrons. The van der Waals surface area contributed by atoms with E-state index in [1.807, 2.05) is 26.0 Å². The number of aliphatic hydroxyl groups is 1. The number of rotatable bonds is 8. The van der Waals surface area contributed by atoms with Crippen LogP contribution in [0.3, 0.4) is 0 Å². The van der Waals surface area contributed by atoms with Gasteiger partial charge in [-0.15, -0.1) is 0 Å². The van der Waals surface area contributed by atoms with E-state index >= 15 is 0 Å². The van der Waals surface area contributed by atoms with Gasteiger partial charge in [-0.05, 0) is 43.2 Å². The van der Waals surface area contributed by atoms with Gasteiger partial charge < -0.3 is 9.84 Å². The molecule has 0 amide bonds. The van der Waals surface area contributed by atoms with Crippen molar-refractivity contribution in [1.82, 2.24) is 15.2 Å². The molecule has 0 spiro atoms. The van der Waals surface area contributed by atoms with Crippen molar-refractivity contribution in [3.63, 3.8) is 0 Å². The number of aliphatic hydroxyl groups excluding tert-OH is 1. The van der Waals surface area contributed by atoms with E-state index in [2.05, 4.69) is 15.2 Å². The molecule has 1 atom stereocenters. The van der Waals surface area contributed by atoms with E-state index in [4.69, 9.17) is 27.9 Å². The zero-order valence-corrected chi connectivity index (χ0v) is 21.1. The number of benzene rings is 2. The van der Waals surface area contributed by atoms with Gasteiger partial charge >= 0.3 is 6.18 Å². The van der Waals surface area contributed by atoms with E-state index in [1.165, 1.54) is 0 Å². The Morgan fingerprint density at radius 2 is 1.75 bits per heavy atom. The maximum Gasteiger partial charge on any atom is 0.416 e. The van der Waals surface area contributed by atoms with Crippen LogP contribution >= 0.6 is 23.2 Å². The van der Waals surface area contributed by atoms with Crippen LogP contribution in [0.4, 0.5) is 13.2 Å². The van der Waals surface area contributed by atoms with Crippen molar-refractivity contribution in [1.29, 1.82) is 0 Å². The molecule has 2 aromatic carbocycles. The molecule has 2 aromatic heterocycles. The van der Waals surface area contributed by atoms with Crippen molar-refractivity contribution < 1.29 is 23.0 Å². The first kappa shape index (κ1) is 26.3. The lowest BCUT2D eigenvalue weighted by Crippen LogP contribution is -2.14. The van der Waals surface area contributed by atoms with E-state index in [9.17, 15) is 18.3 Å². The van der Waals surface area contributed by atoms with Crippen LogP contribution < -0.4 is 4.74 Å². The molecule has 4 aromatic rings. The summed E-state index contributed by atoms with van der Waals surface area (Å²) in [6.07, 6.45) is -1.84. The van der Waals surface area contributed by atoms with E-state index in [1.54, 1.807) is 18.3 Å². The van der Waals surface area contributed by atoms with Gasteiger partial charge in [0.1, 0.15) is 12.4 Å². The van der Waals surface area contributed by atoms with Gasteiger partial charge in [0.05, 0.1) is 23.4 Å². The van der Waals surface area contributed by atoms with E-state index < -0.39 is 17.7 Å². The Bertz CT molecular complexity index is 1340. The number of hydrogen-bond acceptors (Lipinski definition) is 4. The zero-order valence-electron chi connectivity index (χ0n) is 19.6. The summed E-state index contributed by atoms with van der Waals surface area (Å²) in [6, 6.07) is 9.04. The van der Waals surface area contributed by atoms with E-state index in [0.29, 0.717) is 35.2 Å². The monoisotopic (exact) mass is 537 g/mol. The highest BCUT2D eigenvalue weighted by molar-refractivity contribution is 6.36. The van der Waals surface area contributed by atoms with Crippen molar-refractivity contribution in [2.24, 2.45) is 0 Å². The normalized spacial score (nSPS) is 12.8. The molecule has 0 saturated carbocycles. The summed E-state index contributed by atoms with van der Waals surface area (Å²) in [5, 5.41) is 17.5. The lowest BCUT2D eigenvalue weighted by atomic mass is 9.81. The Morgan fingerprint density at radius 3 is 2.36 bits per heavy atom. The number of halogens is 5. The molecule has 5 nitrogen and oxygen atoms in total. The summed E-state index contributed by atoms with van der Waals surface area (Å²) in [5.74, 6) is -0.333. The van der Waals surface area contributed by atoms with Crippen LogP contribution in [-0.2, 0) is 19.0 Å². The molecule has 190 valence electrons. The largest absolute Gasteiger partial charge is 0.491 e. The maximum atomic E-state index is 13.5. The van der Waals surface area contributed by atoms with Crippen molar-refractivity contribution in [3.05, 3.63) is 86.3 Å². The quantitative estimate of drug-likeness (QED) is 0.255. The number of hydrogen-bond donors (Lipinski definition) is 2. The van der Waals surface area contributed by atoms with Gasteiger partial charge in [0.25, 0.3) is 0 Å². The Kier molecular flexibility index (Phi) is 7.78. The first-order chi connectivity index (χ1) is 17.2. The average Bonchev–Trinajstić information content (AvgIpc) is 3.27. The van der Waals surface area contributed by atoms with Crippen molar-refractivity contribution in [2.45, 2.75) is 38.8 Å². The van der Waals surface area contributed by atoms with Crippen LogP contribution in [0.2, 0.25) is 10.0 Å². The minimum atomic E-state index is -4.61. The summed E-state index contributed by atoms with van der Waals surface area (Å²) in [6.45, 7) is 3.68. The van der Waals surface area contributed by atoms with Crippen LogP contribution in [0.1, 0.15) is 53.4 Å². The second kappa shape index (κ2) is 10.7. The fraction of sp³-hybridized carbons (Fsp3) is 0.308. The molecule has 0 aliphatic rings. The third-order valence-corrected chi connectivity index (χ3v) is 6.67. The number of nitrogens with one attached hydrogen (secondary N) is 1. The standard InChI is InChI=1S/C26H24Cl2F3N3O2/c1-3-18-22(19(4-2)34-33-18)24(21-16(27)12-15(13-17(21)28)26(29,30)31)23-20(36-11-10-35)8-7-14-6-5-9-32-25(14)23/h5-9,12-13,24,35H,3-4,10-11H2,1-2H3,(H,33,34). The highest BCUT2D eigenvalue weighted by atomic mass is 35.5. The highest BCUT2D eigenvalue weighted by Crippen LogP contribution is 2.48. The van der Waals surface area contributed by atoms with Crippen molar-refractivity contribution in [3.8, 4) is 5.75 Å². The van der Waals surface area contributed by atoms with Crippen molar-refractivity contribution >= 4 is 34.1 Å². The summed E-state index contributed by atoms with van der Waals surface area (Å²) in [4.78, 5) is 4.59. The average molecular weight is 538 g/mol. The van der Waals surface area contributed by atoms with Gasteiger partial charge in [-0.3, -0.25) is 10.1 Å².